The molecule has 0 N–H and O–H groups in total. The zero-order chi connectivity index (χ0) is 35.1. The molecule has 250 valence electrons. The Morgan fingerprint density at radius 2 is 1.02 bits per heavy atom. The summed E-state index contributed by atoms with van der Waals surface area (Å²) in [7, 11) is 0. The minimum Gasteiger partial charge on any atom is -0.455 e. The molecule has 1 aliphatic heterocycles. The number of para-hydroxylation sites is 1. The molecule has 1 aromatic heterocycles. The molecule has 3 heteroatoms. The third kappa shape index (κ3) is 5.46. The third-order valence-electron chi connectivity index (χ3n) is 10.4. The summed E-state index contributed by atoms with van der Waals surface area (Å²) in [5.74, 6) is 0.684. The maximum atomic E-state index is 7.05. The fourth-order valence-corrected chi connectivity index (χ4v) is 7.91. The lowest BCUT2D eigenvalue weighted by Crippen LogP contribution is -2.10. The molecule has 1 aliphatic rings. The summed E-state index contributed by atoms with van der Waals surface area (Å²) in [6, 6.07) is 61.9. The van der Waals surface area contributed by atoms with Gasteiger partial charge in [-0.25, -0.2) is 9.98 Å². The van der Waals surface area contributed by atoms with Gasteiger partial charge in [0.15, 0.2) is 5.84 Å². The van der Waals surface area contributed by atoms with E-state index in [9.17, 15) is 0 Å². The molecule has 0 saturated heterocycles. The number of rotatable bonds is 5. The van der Waals surface area contributed by atoms with Crippen LogP contribution in [0.4, 0.5) is 0 Å². The smallest absolute Gasteiger partial charge is 0.160 e. The third-order valence-corrected chi connectivity index (χ3v) is 10.4. The molecule has 0 amide bonds. The van der Waals surface area contributed by atoms with Crippen molar-refractivity contribution >= 4 is 60.7 Å². The Hall–Kier alpha value is -6.84. The van der Waals surface area contributed by atoms with Crippen molar-refractivity contribution in [3.63, 3.8) is 0 Å². The van der Waals surface area contributed by atoms with Crippen LogP contribution in [0.3, 0.4) is 0 Å². The maximum Gasteiger partial charge on any atom is 0.160 e. The summed E-state index contributed by atoms with van der Waals surface area (Å²) in [5.41, 5.74) is 11.2. The van der Waals surface area contributed by atoms with Gasteiger partial charge < -0.3 is 4.42 Å². The second-order valence-corrected chi connectivity index (χ2v) is 13.6. The Bertz CT molecular complexity index is 2920. The summed E-state index contributed by atoms with van der Waals surface area (Å²) in [5, 5.41) is 6.90. The summed E-state index contributed by atoms with van der Waals surface area (Å²) < 4.78 is 7.05. The molecule has 0 aliphatic carbocycles. The monoisotopic (exact) mass is 678 g/mol. The first-order valence-corrected chi connectivity index (χ1v) is 18.2. The Labute approximate surface area is 307 Å². The first-order chi connectivity index (χ1) is 26.3. The lowest BCUT2D eigenvalue weighted by Gasteiger charge is -2.17. The summed E-state index contributed by atoms with van der Waals surface area (Å²) in [4.78, 5) is 11.0. The maximum absolute atomic E-state index is 7.05. The van der Waals surface area contributed by atoms with Crippen molar-refractivity contribution in [1.82, 2.24) is 0 Å². The molecule has 9 aromatic rings. The minimum atomic E-state index is 0.684. The number of furan rings is 1. The van der Waals surface area contributed by atoms with Crippen LogP contribution in [-0.4, -0.2) is 11.5 Å². The SMILES string of the molecule is C1=C(c2ccccc2)N=C(c2ccc3ccccc3c2-c2ccccc2)N=C(c2cccc3c2oc2c(-c4ccccc4)c4ccccc4cc23)CC1. The van der Waals surface area contributed by atoms with Crippen LogP contribution in [0.15, 0.2) is 196 Å². The highest BCUT2D eigenvalue weighted by molar-refractivity contribution is 6.24. The van der Waals surface area contributed by atoms with Crippen LogP contribution < -0.4 is 0 Å². The van der Waals surface area contributed by atoms with Gasteiger partial charge >= 0.3 is 0 Å². The van der Waals surface area contributed by atoms with Crippen LogP contribution in [0.5, 0.6) is 0 Å². The Morgan fingerprint density at radius 1 is 0.415 bits per heavy atom. The zero-order valence-corrected chi connectivity index (χ0v) is 29.0. The topological polar surface area (TPSA) is 37.9 Å². The van der Waals surface area contributed by atoms with Crippen molar-refractivity contribution in [2.45, 2.75) is 12.8 Å². The van der Waals surface area contributed by atoms with Gasteiger partial charge in [-0.05, 0) is 69.3 Å². The molecule has 0 unspecified atom stereocenters. The lowest BCUT2D eigenvalue weighted by molar-refractivity contribution is 0.669. The average Bonchev–Trinajstić information content (AvgIpc) is 3.59. The molecule has 8 aromatic carbocycles. The van der Waals surface area contributed by atoms with E-state index in [1.54, 1.807) is 0 Å². The van der Waals surface area contributed by atoms with Gasteiger partial charge in [-0.15, -0.1) is 0 Å². The van der Waals surface area contributed by atoms with Gasteiger partial charge in [-0.3, -0.25) is 0 Å². The van der Waals surface area contributed by atoms with Crippen molar-refractivity contribution in [3.05, 3.63) is 199 Å². The molecule has 2 heterocycles. The number of allylic oxidation sites excluding steroid dienone is 1. The Balaban J connectivity index is 1.24. The highest BCUT2D eigenvalue weighted by Gasteiger charge is 2.22. The molecular weight excluding hydrogens is 645 g/mol. The highest BCUT2D eigenvalue weighted by atomic mass is 16.3. The molecule has 53 heavy (non-hydrogen) atoms. The van der Waals surface area contributed by atoms with Crippen molar-refractivity contribution in [3.8, 4) is 22.3 Å². The predicted octanol–water partition coefficient (Wildman–Crippen LogP) is 13.3. The largest absolute Gasteiger partial charge is 0.455 e. The number of nitrogens with zero attached hydrogens (tertiary/aromatic N) is 2. The van der Waals surface area contributed by atoms with Gasteiger partial charge in [0.25, 0.3) is 0 Å². The van der Waals surface area contributed by atoms with Crippen molar-refractivity contribution in [2.75, 3.05) is 0 Å². The van der Waals surface area contributed by atoms with E-state index in [0.29, 0.717) is 5.84 Å². The number of amidine groups is 1. The lowest BCUT2D eigenvalue weighted by atomic mass is 9.92. The molecule has 0 bridgehead atoms. The van der Waals surface area contributed by atoms with Crippen LogP contribution in [0.2, 0.25) is 0 Å². The van der Waals surface area contributed by atoms with Crippen molar-refractivity contribution in [1.29, 1.82) is 0 Å². The second kappa shape index (κ2) is 13.0. The van der Waals surface area contributed by atoms with E-state index >= 15 is 0 Å². The van der Waals surface area contributed by atoms with E-state index in [2.05, 4.69) is 176 Å². The first-order valence-electron chi connectivity index (χ1n) is 18.2. The van der Waals surface area contributed by atoms with Crippen molar-refractivity contribution in [2.24, 2.45) is 9.98 Å². The fraction of sp³-hybridized carbons (Fsp3) is 0.0400. The van der Waals surface area contributed by atoms with Gasteiger partial charge in [0, 0.05) is 33.0 Å². The number of fused-ring (bicyclic) bond motifs is 5. The Kier molecular flexibility index (Phi) is 7.62. The standard InChI is InChI=1S/C50H34N2O/c1-4-17-34(18-5-1)44-28-15-29-45(52-50(51-44)42-31-30-33-16-10-12-24-38(33)46(42)35-19-6-2-7-20-35)41-27-14-26-40-43-32-37-23-11-13-25-39(37)47(49(43)53-48(40)41)36-21-8-3-9-22-36/h1-14,16-28,30-32H,15,29H2. The normalized spacial score (nSPS) is 13.5. The molecular formula is C50H34N2O. The van der Waals surface area contributed by atoms with Crippen LogP contribution in [0, 0.1) is 0 Å². The minimum absolute atomic E-state index is 0.684. The number of aliphatic imine (C=N–C) groups is 2. The summed E-state index contributed by atoms with van der Waals surface area (Å²) >= 11 is 0. The van der Waals surface area contributed by atoms with Crippen molar-refractivity contribution < 1.29 is 4.42 Å². The first kappa shape index (κ1) is 30.9. The van der Waals surface area contributed by atoms with E-state index in [1.807, 2.05) is 6.07 Å². The van der Waals surface area contributed by atoms with Gasteiger partial charge in [-0.2, -0.15) is 0 Å². The number of hydrogen-bond donors (Lipinski definition) is 0. The van der Waals surface area contributed by atoms with Gasteiger partial charge in [0.05, 0.1) is 11.4 Å². The molecule has 0 radical (unpaired) electrons. The second-order valence-electron chi connectivity index (χ2n) is 13.6. The molecule has 0 saturated carbocycles. The van der Waals surface area contributed by atoms with E-state index in [4.69, 9.17) is 14.4 Å². The number of hydrogen-bond acceptors (Lipinski definition) is 3. The van der Waals surface area contributed by atoms with E-state index < -0.39 is 0 Å². The van der Waals surface area contributed by atoms with E-state index in [0.717, 1.165) is 85.1 Å². The zero-order valence-electron chi connectivity index (χ0n) is 29.0. The summed E-state index contributed by atoms with van der Waals surface area (Å²) in [6.07, 6.45) is 3.78. The number of benzene rings is 8. The van der Waals surface area contributed by atoms with Gasteiger partial charge in [0.1, 0.15) is 11.2 Å². The Morgan fingerprint density at radius 3 is 1.75 bits per heavy atom. The summed E-state index contributed by atoms with van der Waals surface area (Å²) in [6.45, 7) is 0. The van der Waals surface area contributed by atoms with Crippen LogP contribution in [-0.2, 0) is 0 Å². The molecule has 0 atom stereocenters. The molecule has 10 rings (SSSR count). The molecule has 0 spiro atoms. The fourth-order valence-electron chi connectivity index (χ4n) is 7.91. The quantitative estimate of drug-likeness (QED) is 0.179. The molecule has 3 nitrogen and oxygen atoms in total. The average molecular weight is 679 g/mol. The predicted molar refractivity (Wildman–Crippen MR) is 223 cm³/mol. The highest BCUT2D eigenvalue weighted by Crippen LogP contribution is 2.42. The van der Waals surface area contributed by atoms with Gasteiger partial charge in [-0.1, -0.05) is 164 Å². The van der Waals surface area contributed by atoms with Gasteiger partial charge in [0.2, 0.25) is 0 Å². The van der Waals surface area contributed by atoms with Crippen LogP contribution in [0.1, 0.15) is 29.5 Å². The van der Waals surface area contributed by atoms with E-state index in [1.165, 1.54) is 21.5 Å². The molecule has 0 fully saturated rings. The van der Waals surface area contributed by atoms with E-state index in [-0.39, 0.29) is 0 Å². The van der Waals surface area contributed by atoms with Crippen LogP contribution in [0.25, 0.3) is 71.4 Å². The van der Waals surface area contributed by atoms with Crippen LogP contribution >= 0.6 is 0 Å².